The van der Waals surface area contributed by atoms with E-state index in [4.69, 9.17) is 10.3 Å². The molecule has 0 aliphatic heterocycles. The summed E-state index contributed by atoms with van der Waals surface area (Å²) in [6.45, 7) is 0.198. The zero-order valence-corrected chi connectivity index (χ0v) is 11.5. The van der Waals surface area contributed by atoms with Crippen LogP contribution in [0.25, 0.3) is 11.4 Å². The van der Waals surface area contributed by atoms with Crippen molar-refractivity contribution in [3.63, 3.8) is 0 Å². The Balaban J connectivity index is 0.00000180. The molecule has 1 heterocycles. The van der Waals surface area contributed by atoms with Gasteiger partial charge in [-0.25, -0.2) is 0 Å². The van der Waals surface area contributed by atoms with Crippen LogP contribution in [0.5, 0.6) is 0 Å². The molecule has 1 aromatic heterocycles. The molecule has 2 rings (SSSR count). The summed E-state index contributed by atoms with van der Waals surface area (Å²) in [7, 11) is 3.41. The minimum absolute atomic E-state index is 0. The van der Waals surface area contributed by atoms with Gasteiger partial charge in [0.2, 0.25) is 11.7 Å². The van der Waals surface area contributed by atoms with Crippen molar-refractivity contribution < 1.29 is 9.32 Å². The summed E-state index contributed by atoms with van der Waals surface area (Å²) in [6, 6.07) is 7.07. The standard InChI is InChI=1S/C12H14N4O2.ClH/c1-16(2)12(17)9-5-3-4-8(6-9)11-14-10(7-13)18-15-11;/h3-6H,7,13H2,1-2H3;1H. The Hall–Kier alpha value is -1.92. The molecule has 2 N–H and O–H groups in total. The first kappa shape index (κ1) is 15.1. The Labute approximate surface area is 117 Å². The fraction of sp³-hybridized carbons (Fsp3) is 0.250. The third-order valence-corrected chi connectivity index (χ3v) is 2.42. The average molecular weight is 283 g/mol. The monoisotopic (exact) mass is 282 g/mol. The average Bonchev–Trinajstić information content (AvgIpc) is 2.86. The predicted octanol–water partition coefficient (Wildman–Crippen LogP) is 1.32. The Kier molecular flexibility index (Phi) is 5.02. The number of nitrogens with two attached hydrogens (primary N) is 1. The van der Waals surface area contributed by atoms with Gasteiger partial charge in [-0.3, -0.25) is 4.79 Å². The Morgan fingerprint density at radius 1 is 1.42 bits per heavy atom. The van der Waals surface area contributed by atoms with Gasteiger partial charge in [-0.15, -0.1) is 12.4 Å². The third kappa shape index (κ3) is 3.30. The molecule has 2 aromatic rings. The number of aromatic nitrogens is 2. The van der Waals surface area contributed by atoms with Crippen LogP contribution in [0.15, 0.2) is 28.8 Å². The van der Waals surface area contributed by atoms with Crippen LogP contribution >= 0.6 is 12.4 Å². The first-order chi connectivity index (χ1) is 8.61. The summed E-state index contributed by atoms with van der Waals surface area (Å²) in [5.41, 5.74) is 6.71. The molecular formula is C12H15ClN4O2. The van der Waals surface area contributed by atoms with Crippen molar-refractivity contribution in [1.29, 1.82) is 0 Å². The van der Waals surface area contributed by atoms with Gasteiger partial charge in [0, 0.05) is 25.2 Å². The first-order valence-corrected chi connectivity index (χ1v) is 5.46. The van der Waals surface area contributed by atoms with Gasteiger partial charge in [0.25, 0.3) is 5.91 Å². The molecule has 0 atom stereocenters. The number of carbonyl (C=O) groups is 1. The summed E-state index contributed by atoms with van der Waals surface area (Å²) in [4.78, 5) is 17.5. The van der Waals surface area contributed by atoms with E-state index >= 15 is 0 Å². The van der Waals surface area contributed by atoms with E-state index in [9.17, 15) is 4.79 Å². The lowest BCUT2D eigenvalue weighted by Crippen LogP contribution is -2.21. The van der Waals surface area contributed by atoms with Gasteiger partial charge < -0.3 is 15.2 Å². The molecule has 0 saturated heterocycles. The van der Waals surface area contributed by atoms with Crippen molar-refractivity contribution in [2.24, 2.45) is 5.73 Å². The maximum atomic E-state index is 11.8. The maximum absolute atomic E-state index is 11.8. The van der Waals surface area contributed by atoms with Crippen molar-refractivity contribution in [1.82, 2.24) is 15.0 Å². The molecule has 0 radical (unpaired) electrons. The van der Waals surface area contributed by atoms with Crippen LogP contribution in [0.1, 0.15) is 16.2 Å². The zero-order chi connectivity index (χ0) is 13.1. The predicted molar refractivity (Wildman–Crippen MR) is 72.9 cm³/mol. The molecule has 0 saturated carbocycles. The van der Waals surface area contributed by atoms with E-state index in [-0.39, 0.29) is 24.9 Å². The lowest BCUT2D eigenvalue weighted by Gasteiger charge is -2.10. The van der Waals surface area contributed by atoms with Crippen LogP contribution in [0.2, 0.25) is 0 Å². The van der Waals surface area contributed by atoms with E-state index in [1.165, 1.54) is 4.90 Å². The second kappa shape index (κ2) is 6.31. The van der Waals surface area contributed by atoms with E-state index in [1.807, 2.05) is 6.07 Å². The Morgan fingerprint density at radius 2 is 2.16 bits per heavy atom. The van der Waals surface area contributed by atoms with Gasteiger partial charge in [0.05, 0.1) is 6.54 Å². The number of hydrogen-bond acceptors (Lipinski definition) is 5. The number of halogens is 1. The van der Waals surface area contributed by atoms with Crippen LogP contribution in [0.4, 0.5) is 0 Å². The SMILES string of the molecule is CN(C)C(=O)c1cccc(-c2noc(CN)n2)c1.Cl. The van der Waals surface area contributed by atoms with E-state index in [2.05, 4.69) is 10.1 Å². The molecule has 0 spiro atoms. The molecule has 0 fully saturated rings. The molecule has 0 aliphatic carbocycles. The van der Waals surface area contributed by atoms with Gasteiger partial charge in [-0.2, -0.15) is 4.98 Å². The first-order valence-electron chi connectivity index (χ1n) is 5.46. The van der Waals surface area contributed by atoms with Crippen LogP contribution in [-0.4, -0.2) is 35.0 Å². The minimum Gasteiger partial charge on any atom is -0.345 e. The van der Waals surface area contributed by atoms with E-state index in [0.29, 0.717) is 17.3 Å². The number of hydrogen-bond donors (Lipinski definition) is 1. The van der Waals surface area contributed by atoms with Crippen molar-refractivity contribution in [2.45, 2.75) is 6.54 Å². The van der Waals surface area contributed by atoms with E-state index in [1.54, 1.807) is 32.3 Å². The summed E-state index contributed by atoms with van der Waals surface area (Å²) in [5.74, 6) is 0.734. The lowest BCUT2D eigenvalue weighted by atomic mass is 10.1. The van der Waals surface area contributed by atoms with Crippen molar-refractivity contribution >= 4 is 18.3 Å². The van der Waals surface area contributed by atoms with Crippen molar-refractivity contribution in [3.05, 3.63) is 35.7 Å². The highest BCUT2D eigenvalue weighted by Crippen LogP contribution is 2.17. The summed E-state index contributed by atoms with van der Waals surface area (Å²) in [6.07, 6.45) is 0. The normalized spacial score (nSPS) is 9.84. The fourth-order valence-electron chi connectivity index (χ4n) is 1.50. The third-order valence-electron chi connectivity index (χ3n) is 2.42. The van der Waals surface area contributed by atoms with Crippen LogP contribution in [0.3, 0.4) is 0 Å². The largest absolute Gasteiger partial charge is 0.345 e. The maximum Gasteiger partial charge on any atom is 0.253 e. The fourth-order valence-corrected chi connectivity index (χ4v) is 1.50. The van der Waals surface area contributed by atoms with Gasteiger partial charge in [0.15, 0.2) is 0 Å². The quantitative estimate of drug-likeness (QED) is 0.917. The van der Waals surface area contributed by atoms with Gasteiger partial charge in [0.1, 0.15) is 0 Å². The molecule has 19 heavy (non-hydrogen) atoms. The smallest absolute Gasteiger partial charge is 0.253 e. The molecule has 0 bridgehead atoms. The van der Waals surface area contributed by atoms with Crippen LogP contribution < -0.4 is 5.73 Å². The number of benzene rings is 1. The second-order valence-electron chi connectivity index (χ2n) is 4.00. The molecule has 102 valence electrons. The van der Waals surface area contributed by atoms with Crippen molar-refractivity contribution in [3.8, 4) is 11.4 Å². The molecule has 6 nitrogen and oxygen atoms in total. The Bertz CT molecular complexity index is 568. The zero-order valence-electron chi connectivity index (χ0n) is 10.7. The minimum atomic E-state index is -0.0700. The molecule has 1 aromatic carbocycles. The van der Waals surface area contributed by atoms with E-state index < -0.39 is 0 Å². The molecular weight excluding hydrogens is 268 g/mol. The number of carbonyl (C=O) groups excluding carboxylic acids is 1. The van der Waals surface area contributed by atoms with Crippen LogP contribution in [0, 0.1) is 0 Å². The molecule has 7 heteroatoms. The van der Waals surface area contributed by atoms with Gasteiger partial charge in [-0.1, -0.05) is 17.3 Å². The Morgan fingerprint density at radius 3 is 2.74 bits per heavy atom. The second-order valence-corrected chi connectivity index (χ2v) is 4.00. The highest BCUT2D eigenvalue weighted by molar-refractivity contribution is 5.94. The number of nitrogens with zero attached hydrogens (tertiary/aromatic N) is 3. The number of rotatable bonds is 3. The summed E-state index contributed by atoms with van der Waals surface area (Å²) < 4.78 is 4.93. The van der Waals surface area contributed by atoms with Gasteiger partial charge in [-0.05, 0) is 12.1 Å². The van der Waals surface area contributed by atoms with Crippen molar-refractivity contribution in [2.75, 3.05) is 14.1 Å². The highest BCUT2D eigenvalue weighted by atomic mass is 35.5. The highest BCUT2D eigenvalue weighted by Gasteiger charge is 2.12. The summed E-state index contributed by atoms with van der Waals surface area (Å²) >= 11 is 0. The van der Waals surface area contributed by atoms with E-state index in [0.717, 1.165) is 5.56 Å². The lowest BCUT2D eigenvalue weighted by molar-refractivity contribution is 0.0827. The molecule has 1 amide bonds. The summed E-state index contributed by atoms with van der Waals surface area (Å²) in [5, 5.41) is 3.81. The van der Waals surface area contributed by atoms with Gasteiger partial charge >= 0.3 is 0 Å². The topological polar surface area (TPSA) is 85.2 Å². The molecule has 0 aliphatic rings. The van der Waals surface area contributed by atoms with Crippen LogP contribution in [-0.2, 0) is 6.54 Å². The number of amides is 1. The molecule has 0 unspecified atom stereocenters.